The van der Waals surface area contributed by atoms with Crippen molar-refractivity contribution in [1.29, 1.82) is 0 Å². The maximum Gasteiger partial charge on any atom is 0.349 e. The van der Waals surface area contributed by atoms with Crippen LogP contribution in [0.3, 0.4) is 0 Å². The van der Waals surface area contributed by atoms with Crippen molar-refractivity contribution in [3.8, 4) is 0 Å². The van der Waals surface area contributed by atoms with Gasteiger partial charge in [-0.1, -0.05) is 30.3 Å². The number of hydrogen-bond donors (Lipinski definition) is 2. The normalized spacial score (nSPS) is 11.7. The number of fused-ring (bicyclic) bond motifs is 2. The van der Waals surface area contributed by atoms with E-state index in [9.17, 15) is 9.59 Å². The van der Waals surface area contributed by atoms with Gasteiger partial charge in [0.15, 0.2) is 0 Å². The Balaban J connectivity index is 1.90. The Bertz CT molecular complexity index is 1210. The molecule has 0 spiro atoms. The van der Waals surface area contributed by atoms with Crippen LogP contribution < -0.4 is 11.2 Å². The lowest BCUT2D eigenvalue weighted by Crippen LogP contribution is -2.32. The van der Waals surface area contributed by atoms with Gasteiger partial charge in [0, 0.05) is 22.2 Å². The largest absolute Gasteiger partial charge is 0.358 e. The van der Waals surface area contributed by atoms with Gasteiger partial charge in [0.05, 0.1) is 17.1 Å². The maximum atomic E-state index is 12.5. The number of aromatic amines is 2. The van der Waals surface area contributed by atoms with Gasteiger partial charge in [-0.05, 0) is 25.1 Å². The number of H-pyrrole nitrogens is 2. The average molecular weight is 318 g/mol. The van der Waals surface area contributed by atoms with Crippen molar-refractivity contribution in [3.05, 3.63) is 80.6 Å². The van der Waals surface area contributed by atoms with Gasteiger partial charge < -0.3 is 9.97 Å². The fraction of sp³-hybridized carbons (Fsp3) is 0.0556. The predicted molar refractivity (Wildman–Crippen MR) is 94.9 cm³/mol. The minimum Gasteiger partial charge on any atom is -0.358 e. The number of aromatic nitrogens is 3. The van der Waals surface area contributed by atoms with Crippen LogP contribution in [0.25, 0.3) is 21.8 Å². The maximum absolute atomic E-state index is 12.5. The molecule has 0 amide bonds. The third kappa shape index (κ3) is 2.16. The van der Waals surface area contributed by atoms with Crippen LogP contribution in [0.5, 0.6) is 0 Å². The third-order valence-electron chi connectivity index (χ3n) is 4.03. The highest BCUT2D eigenvalue weighted by molar-refractivity contribution is 6.00. The van der Waals surface area contributed by atoms with Crippen molar-refractivity contribution in [1.82, 2.24) is 14.6 Å². The van der Waals surface area contributed by atoms with Gasteiger partial charge >= 0.3 is 5.69 Å². The van der Waals surface area contributed by atoms with Crippen LogP contribution >= 0.6 is 0 Å². The van der Waals surface area contributed by atoms with Crippen molar-refractivity contribution in [3.63, 3.8) is 0 Å². The Morgan fingerprint density at radius 3 is 2.29 bits per heavy atom. The predicted octanol–water partition coefficient (Wildman–Crippen LogP) is 2.36. The van der Waals surface area contributed by atoms with Crippen LogP contribution in [0, 0.1) is 6.92 Å². The molecule has 0 aliphatic rings. The van der Waals surface area contributed by atoms with Gasteiger partial charge in [0.2, 0.25) is 0 Å². The highest BCUT2D eigenvalue weighted by Gasteiger charge is 2.08. The molecule has 4 aromatic rings. The molecule has 2 aromatic heterocycles. The van der Waals surface area contributed by atoms with E-state index in [4.69, 9.17) is 0 Å². The molecular weight excluding hydrogens is 304 g/mol. The smallest absolute Gasteiger partial charge is 0.349 e. The topological polar surface area (TPSA) is 83.0 Å². The number of benzene rings is 2. The molecular formula is C18H14N4O2. The van der Waals surface area contributed by atoms with Crippen LogP contribution in [-0.2, 0) is 0 Å². The van der Waals surface area contributed by atoms with Crippen molar-refractivity contribution < 1.29 is 0 Å². The molecule has 0 unspecified atom stereocenters. The summed E-state index contributed by atoms with van der Waals surface area (Å²) in [5.41, 5.74) is 2.25. The third-order valence-corrected chi connectivity index (χ3v) is 4.03. The molecule has 0 bridgehead atoms. The minimum atomic E-state index is -0.563. The van der Waals surface area contributed by atoms with E-state index in [1.165, 1.54) is 0 Å². The zero-order valence-corrected chi connectivity index (χ0v) is 12.9. The van der Waals surface area contributed by atoms with E-state index < -0.39 is 11.2 Å². The SMILES string of the molecule is Cc1[nH]c2ccccc2c1C=Nn1c(=O)[nH]c2ccccc2c1=O. The molecule has 2 N–H and O–H groups in total. The van der Waals surface area contributed by atoms with Crippen LogP contribution in [-0.4, -0.2) is 20.9 Å². The monoisotopic (exact) mass is 318 g/mol. The van der Waals surface area contributed by atoms with E-state index in [2.05, 4.69) is 15.1 Å². The Morgan fingerprint density at radius 2 is 1.54 bits per heavy atom. The van der Waals surface area contributed by atoms with Crippen molar-refractivity contribution in [2.75, 3.05) is 0 Å². The molecule has 118 valence electrons. The number of hydrogen-bond acceptors (Lipinski definition) is 3. The van der Waals surface area contributed by atoms with Crippen molar-refractivity contribution in [2.45, 2.75) is 6.92 Å². The summed E-state index contributed by atoms with van der Waals surface area (Å²) < 4.78 is 0.851. The second-order valence-electron chi connectivity index (χ2n) is 5.55. The standard InChI is InChI=1S/C18H14N4O2/c1-11-14(12-6-2-4-8-15(12)20-11)10-19-22-17(23)13-7-3-5-9-16(13)21-18(22)24/h2-10,20H,1H3,(H,21,24). The summed E-state index contributed by atoms with van der Waals surface area (Å²) in [5, 5.41) is 5.54. The molecule has 4 rings (SSSR count). The molecule has 0 aliphatic carbocycles. The van der Waals surface area contributed by atoms with E-state index in [1.807, 2.05) is 31.2 Å². The van der Waals surface area contributed by atoms with Crippen molar-refractivity contribution >= 4 is 28.0 Å². The fourth-order valence-corrected chi connectivity index (χ4v) is 2.84. The Kier molecular flexibility index (Phi) is 3.16. The van der Waals surface area contributed by atoms with Gasteiger partial charge in [-0.25, -0.2) is 4.79 Å². The summed E-state index contributed by atoms with van der Waals surface area (Å²) in [4.78, 5) is 30.6. The molecule has 6 heteroatoms. The van der Waals surface area contributed by atoms with Gasteiger partial charge in [-0.15, -0.1) is 4.68 Å². The number of para-hydroxylation sites is 2. The summed E-state index contributed by atoms with van der Waals surface area (Å²) in [6, 6.07) is 14.7. The molecule has 2 aromatic carbocycles. The van der Waals surface area contributed by atoms with Gasteiger partial charge in [-0.3, -0.25) is 4.79 Å². The second kappa shape index (κ2) is 5.34. The van der Waals surface area contributed by atoms with Gasteiger partial charge in [-0.2, -0.15) is 5.10 Å². The first kappa shape index (κ1) is 14.2. The van der Waals surface area contributed by atoms with Crippen LogP contribution in [0.1, 0.15) is 11.3 Å². The van der Waals surface area contributed by atoms with E-state index >= 15 is 0 Å². The zero-order valence-electron chi connectivity index (χ0n) is 12.9. The molecule has 6 nitrogen and oxygen atoms in total. The lowest BCUT2D eigenvalue weighted by molar-refractivity contribution is 0.771. The first-order chi connectivity index (χ1) is 11.6. The molecule has 24 heavy (non-hydrogen) atoms. The number of nitrogens with zero attached hydrogens (tertiary/aromatic N) is 2. The zero-order chi connectivity index (χ0) is 16.7. The summed E-state index contributed by atoms with van der Waals surface area (Å²) in [6.07, 6.45) is 1.54. The van der Waals surface area contributed by atoms with E-state index in [1.54, 1.807) is 30.5 Å². The number of rotatable bonds is 2. The summed E-state index contributed by atoms with van der Waals surface area (Å²) in [6.45, 7) is 1.93. The molecule has 0 radical (unpaired) electrons. The first-order valence-corrected chi connectivity index (χ1v) is 7.51. The highest BCUT2D eigenvalue weighted by Crippen LogP contribution is 2.19. The van der Waals surface area contributed by atoms with E-state index in [0.29, 0.717) is 10.9 Å². The summed E-state index contributed by atoms with van der Waals surface area (Å²) >= 11 is 0. The van der Waals surface area contributed by atoms with E-state index in [-0.39, 0.29) is 0 Å². The lowest BCUT2D eigenvalue weighted by atomic mass is 10.1. The summed E-state index contributed by atoms with van der Waals surface area (Å²) in [5.74, 6) is 0. The number of nitrogens with one attached hydrogen (secondary N) is 2. The highest BCUT2D eigenvalue weighted by atomic mass is 16.2. The molecule has 0 aliphatic heterocycles. The number of aryl methyl sites for hydroxylation is 1. The Morgan fingerprint density at radius 1 is 0.917 bits per heavy atom. The van der Waals surface area contributed by atoms with Gasteiger partial charge in [0.25, 0.3) is 5.56 Å². The summed E-state index contributed by atoms with van der Waals surface area (Å²) in [7, 11) is 0. The average Bonchev–Trinajstić information content (AvgIpc) is 2.90. The minimum absolute atomic E-state index is 0.421. The Hall–Kier alpha value is -3.41. The second-order valence-corrected chi connectivity index (χ2v) is 5.55. The van der Waals surface area contributed by atoms with Crippen molar-refractivity contribution in [2.24, 2.45) is 5.10 Å². The molecule has 0 fully saturated rings. The molecule has 0 saturated heterocycles. The Labute approximate surface area is 136 Å². The first-order valence-electron chi connectivity index (χ1n) is 7.51. The van der Waals surface area contributed by atoms with E-state index in [0.717, 1.165) is 26.8 Å². The molecule has 0 saturated carbocycles. The fourth-order valence-electron chi connectivity index (χ4n) is 2.84. The van der Waals surface area contributed by atoms with Crippen LogP contribution in [0.2, 0.25) is 0 Å². The quantitative estimate of drug-likeness (QED) is 0.556. The van der Waals surface area contributed by atoms with Crippen LogP contribution in [0.4, 0.5) is 0 Å². The lowest BCUT2D eigenvalue weighted by Gasteiger charge is -2.00. The molecule has 2 heterocycles. The molecule has 0 atom stereocenters. The van der Waals surface area contributed by atoms with Gasteiger partial charge in [0.1, 0.15) is 0 Å². The van der Waals surface area contributed by atoms with Crippen LogP contribution in [0.15, 0.2) is 63.2 Å².